The minimum Gasteiger partial charge on any atom is -0.337 e. The van der Waals surface area contributed by atoms with Gasteiger partial charge in [-0.2, -0.15) is 5.26 Å². The summed E-state index contributed by atoms with van der Waals surface area (Å²) in [5.41, 5.74) is -0.0974. The van der Waals surface area contributed by atoms with Gasteiger partial charge >= 0.3 is 5.69 Å². The monoisotopic (exact) mass is 373 g/mol. The Morgan fingerprint density at radius 1 is 1.42 bits per heavy atom. The van der Waals surface area contributed by atoms with Crippen LogP contribution in [0.5, 0.6) is 0 Å². The molecule has 2 N–H and O–H groups in total. The Kier molecular flexibility index (Phi) is 6.64. The maximum Gasteiger partial charge on any atom is 0.343 e. The molecule has 8 heteroatoms. The first kappa shape index (κ1) is 19.8. The summed E-state index contributed by atoms with van der Waals surface area (Å²) in [6.07, 6.45) is 0.694. The van der Waals surface area contributed by atoms with Crippen LogP contribution in [0.15, 0.2) is 40.3 Å². The van der Waals surface area contributed by atoms with Crippen molar-refractivity contribution in [2.75, 3.05) is 5.75 Å². The topological polar surface area (TPSA) is 104 Å². The zero-order chi connectivity index (χ0) is 19.2. The van der Waals surface area contributed by atoms with Crippen LogP contribution in [0.3, 0.4) is 0 Å². The second kappa shape index (κ2) is 8.72. The number of aromatic amines is 1. The summed E-state index contributed by atoms with van der Waals surface area (Å²) in [5.74, 6) is -0.201. The lowest BCUT2D eigenvalue weighted by Gasteiger charge is -2.27. The van der Waals surface area contributed by atoms with Crippen LogP contribution in [0.1, 0.15) is 26.3 Å². The molecule has 0 aliphatic rings. The molecule has 1 aromatic carbocycles. The second-order valence-electron chi connectivity index (χ2n) is 6.50. The maximum atomic E-state index is 12.2. The van der Waals surface area contributed by atoms with Crippen molar-refractivity contribution < 1.29 is 4.79 Å². The Morgan fingerprint density at radius 2 is 2.12 bits per heavy atom. The highest BCUT2D eigenvalue weighted by molar-refractivity contribution is 7.99. The average molecular weight is 373 g/mol. The molecule has 0 bridgehead atoms. The van der Waals surface area contributed by atoms with Gasteiger partial charge in [0, 0.05) is 6.54 Å². The molecule has 1 amide bonds. The molecule has 0 spiro atoms. The van der Waals surface area contributed by atoms with Crippen molar-refractivity contribution in [3.05, 3.63) is 46.4 Å². The molecular formula is C18H23N5O2S. The number of thioether (sulfide) groups is 1. The molecular weight excluding hydrogens is 350 g/mol. The van der Waals surface area contributed by atoms with Gasteiger partial charge in [0.15, 0.2) is 5.16 Å². The summed E-state index contributed by atoms with van der Waals surface area (Å²) in [7, 11) is 0. The highest BCUT2D eigenvalue weighted by Gasteiger charge is 2.30. The summed E-state index contributed by atoms with van der Waals surface area (Å²) in [5, 5.41) is 18.9. The van der Waals surface area contributed by atoms with Crippen LogP contribution >= 0.6 is 11.8 Å². The number of rotatable bonds is 8. The number of hydrogen-bond acceptors (Lipinski definition) is 5. The first-order valence-corrected chi connectivity index (χ1v) is 9.38. The van der Waals surface area contributed by atoms with Crippen molar-refractivity contribution in [1.29, 1.82) is 5.26 Å². The number of amides is 1. The van der Waals surface area contributed by atoms with E-state index in [-0.39, 0.29) is 23.3 Å². The van der Waals surface area contributed by atoms with Gasteiger partial charge in [-0.25, -0.2) is 9.89 Å². The number of aromatic nitrogens is 3. The van der Waals surface area contributed by atoms with Crippen molar-refractivity contribution in [1.82, 2.24) is 20.1 Å². The smallest absolute Gasteiger partial charge is 0.337 e. The molecule has 138 valence electrons. The number of nitrogens with one attached hydrogen (secondary N) is 2. The Morgan fingerprint density at radius 3 is 2.73 bits per heavy atom. The number of nitriles is 1. The quantitative estimate of drug-likeness (QED) is 0.689. The zero-order valence-electron chi connectivity index (χ0n) is 15.2. The van der Waals surface area contributed by atoms with Crippen molar-refractivity contribution in [3.63, 3.8) is 0 Å². The van der Waals surface area contributed by atoms with Gasteiger partial charge in [-0.05, 0) is 24.8 Å². The largest absolute Gasteiger partial charge is 0.343 e. The third-order valence-electron chi connectivity index (χ3n) is 4.31. The Labute approximate surface area is 156 Å². The fourth-order valence-corrected chi connectivity index (χ4v) is 3.03. The molecule has 1 aromatic heterocycles. The standard InChI is InChI=1S/C18H23N5O2S/c1-13(2)18(3,12-19)20-15(24)11-26-17-22-21-16(25)23(17)10-9-14-7-5-4-6-8-14/h4-8,13H,9-11H2,1-3H3,(H,20,24)(H,21,25)/t18-/m0/s1. The second-order valence-corrected chi connectivity index (χ2v) is 7.45. The SMILES string of the molecule is CC(C)[C@](C)(C#N)NC(=O)CSc1n[nH]c(=O)n1CCc1ccccc1. The van der Waals surface area contributed by atoms with E-state index in [0.29, 0.717) is 18.1 Å². The number of hydrogen-bond donors (Lipinski definition) is 2. The maximum absolute atomic E-state index is 12.2. The summed E-state index contributed by atoms with van der Waals surface area (Å²) >= 11 is 1.17. The molecule has 1 heterocycles. The van der Waals surface area contributed by atoms with Crippen molar-refractivity contribution in [3.8, 4) is 6.07 Å². The van der Waals surface area contributed by atoms with E-state index in [1.54, 1.807) is 6.92 Å². The van der Waals surface area contributed by atoms with Gasteiger partial charge in [-0.1, -0.05) is 55.9 Å². The Balaban J connectivity index is 1.97. The molecule has 1 atom stereocenters. The minimum atomic E-state index is -0.920. The molecule has 0 radical (unpaired) electrons. The van der Waals surface area contributed by atoms with E-state index in [4.69, 9.17) is 0 Å². The number of carbonyl (C=O) groups excluding carboxylic acids is 1. The van der Waals surface area contributed by atoms with Crippen molar-refractivity contribution >= 4 is 17.7 Å². The molecule has 0 aliphatic heterocycles. The van der Waals surface area contributed by atoms with Crippen LogP contribution < -0.4 is 11.0 Å². The van der Waals surface area contributed by atoms with Gasteiger partial charge in [0.1, 0.15) is 5.54 Å². The molecule has 2 aromatic rings. The van der Waals surface area contributed by atoms with Crippen LogP contribution in [0.2, 0.25) is 0 Å². The third-order valence-corrected chi connectivity index (χ3v) is 5.28. The fourth-order valence-electron chi connectivity index (χ4n) is 2.25. The lowest BCUT2D eigenvalue weighted by atomic mass is 9.90. The van der Waals surface area contributed by atoms with E-state index in [2.05, 4.69) is 21.6 Å². The van der Waals surface area contributed by atoms with Gasteiger partial charge in [0.25, 0.3) is 0 Å². The molecule has 7 nitrogen and oxygen atoms in total. The number of H-pyrrole nitrogens is 1. The number of nitrogens with zero attached hydrogens (tertiary/aromatic N) is 3. The molecule has 2 rings (SSSR count). The molecule has 26 heavy (non-hydrogen) atoms. The lowest BCUT2D eigenvalue weighted by molar-refractivity contribution is -0.120. The van der Waals surface area contributed by atoms with Gasteiger partial charge in [-0.15, -0.1) is 5.10 Å². The number of aryl methyl sites for hydroxylation is 1. The molecule has 0 fully saturated rings. The van der Waals surface area contributed by atoms with Gasteiger partial charge in [-0.3, -0.25) is 9.36 Å². The van der Waals surface area contributed by atoms with Crippen molar-refractivity contribution in [2.24, 2.45) is 5.92 Å². The van der Waals surface area contributed by atoms with E-state index in [0.717, 1.165) is 5.56 Å². The summed E-state index contributed by atoms with van der Waals surface area (Å²) in [6.45, 7) is 5.94. The van der Waals surface area contributed by atoms with Crippen LogP contribution in [0.4, 0.5) is 0 Å². The Bertz CT molecular complexity index is 837. The molecule has 0 aliphatic carbocycles. The summed E-state index contributed by atoms with van der Waals surface area (Å²) in [4.78, 5) is 24.1. The van der Waals surface area contributed by atoms with Crippen molar-refractivity contribution in [2.45, 2.75) is 44.4 Å². The lowest BCUT2D eigenvalue weighted by Crippen LogP contribution is -2.49. The summed E-state index contributed by atoms with van der Waals surface area (Å²) < 4.78 is 1.52. The number of benzene rings is 1. The summed E-state index contributed by atoms with van der Waals surface area (Å²) in [6, 6.07) is 12.0. The van der Waals surface area contributed by atoms with Gasteiger partial charge in [0.05, 0.1) is 11.8 Å². The van der Waals surface area contributed by atoms with E-state index < -0.39 is 5.54 Å². The highest BCUT2D eigenvalue weighted by atomic mass is 32.2. The van der Waals surface area contributed by atoms with Gasteiger partial charge < -0.3 is 5.32 Å². The van der Waals surface area contributed by atoms with Crippen LogP contribution in [-0.4, -0.2) is 32.0 Å². The fraction of sp³-hybridized carbons (Fsp3) is 0.444. The number of carbonyl (C=O) groups is 1. The first-order valence-electron chi connectivity index (χ1n) is 8.40. The molecule has 0 saturated heterocycles. The normalized spacial score (nSPS) is 13.2. The minimum absolute atomic E-state index is 0.0177. The van der Waals surface area contributed by atoms with E-state index in [1.165, 1.54) is 16.3 Å². The highest BCUT2D eigenvalue weighted by Crippen LogP contribution is 2.17. The third kappa shape index (κ3) is 4.99. The van der Waals surface area contributed by atoms with Crippen LogP contribution in [0, 0.1) is 17.2 Å². The van der Waals surface area contributed by atoms with E-state index in [1.807, 2.05) is 44.2 Å². The predicted octanol–water partition coefficient (Wildman–Crippen LogP) is 1.96. The molecule has 0 saturated carbocycles. The van der Waals surface area contributed by atoms with Crippen LogP contribution in [-0.2, 0) is 17.8 Å². The van der Waals surface area contributed by atoms with Gasteiger partial charge in [0.2, 0.25) is 5.91 Å². The molecule has 0 unspecified atom stereocenters. The van der Waals surface area contributed by atoms with E-state index in [9.17, 15) is 14.9 Å². The van der Waals surface area contributed by atoms with Crippen LogP contribution in [0.25, 0.3) is 0 Å². The Hall–Kier alpha value is -2.53. The van der Waals surface area contributed by atoms with E-state index >= 15 is 0 Å². The first-order chi connectivity index (χ1) is 12.4. The average Bonchev–Trinajstić information content (AvgIpc) is 2.98. The predicted molar refractivity (Wildman–Crippen MR) is 101 cm³/mol. The zero-order valence-corrected chi connectivity index (χ0v) is 16.0.